The topological polar surface area (TPSA) is 49.3 Å². The fraction of sp³-hybridized carbons (Fsp3) is 0.200. The van der Waals surface area contributed by atoms with Gasteiger partial charge < -0.3 is 10.6 Å². The number of pyridine rings is 1. The normalized spacial score (nSPS) is 11.1. The summed E-state index contributed by atoms with van der Waals surface area (Å²) in [4.78, 5) is 9.13. The van der Waals surface area contributed by atoms with E-state index in [0.717, 1.165) is 39.6 Å². The van der Waals surface area contributed by atoms with E-state index in [0.29, 0.717) is 13.1 Å². The first-order valence-corrected chi connectivity index (χ1v) is 8.73. The second-order valence-electron chi connectivity index (χ2n) is 5.67. The van der Waals surface area contributed by atoms with Gasteiger partial charge in [0.15, 0.2) is 5.96 Å². The van der Waals surface area contributed by atoms with Crippen molar-refractivity contribution in [2.45, 2.75) is 20.0 Å². The first-order valence-electron chi connectivity index (χ1n) is 8.35. The Hall–Kier alpha value is -1.86. The van der Waals surface area contributed by atoms with Gasteiger partial charge in [-0.15, -0.1) is 24.0 Å². The molecule has 1 aromatic heterocycles. The Morgan fingerprint density at radius 1 is 1.08 bits per heavy atom. The Bertz CT molecular complexity index is 877. The number of guanidine groups is 1. The van der Waals surface area contributed by atoms with Crippen LogP contribution in [0.2, 0.25) is 5.02 Å². The molecule has 3 aromatic rings. The number of hydrogen-bond donors (Lipinski definition) is 2. The van der Waals surface area contributed by atoms with Crippen molar-refractivity contribution in [3.8, 4) is 0 Å². The van der Waals surface area contributed by atoms with Crippen molar-refractivity contribution >= 4 is 52.4 Å². The zero-order valence-corrected chi connectivity index (χ0v) is 17.7. The monoisotopic (exact) mass is 480 g/mol. The first kappa shape index (κ1) is 20.5. The summed E-state index contributed by atoms with van der Waals surface area (Å²) in [5.74, 6) is 0.774. The summed E-state index contributed by atoms with van der Waals surface area (Å²) in [6, 6.07) is 18.0. The molecule has 3 rings (SSSR count). The van der Waals surface area contributed by atoms with Crippen LogP contribution < -0.4 is 10.6 Å². The van der Waals surface area contributed by atoms with E-state index < -0.39 is 0 Å². The molecule has 1 heterocycles. The number of nitrogens with zero attached hydrogens (tertiary/aromatic N) is 2. The Morgan fingerprint density at radius 3 is 2.69 bits per heavy atom. The first-order chi connectivity index (χ1) is 12.3. The fourth-order valence-electron chi connectivity index (χ4n) is 2.64. The van der Waals surface area contributed by atoms with Gasteiger partial charge in [-0.2, -0.15) is 0 Å². The van der Waals surface area contributed by atoms with Crippen molar-refractivity contribution in [2.24, 2.45) is 4.99 Å². The van der Waals surface area contributed by atoms with Gasteiger partial charge in [-0.1, -0.05) is 48.0 Å². The molecule has 0 unspecified atom stereocenters. The van der Waals surface area contributed by atoms with E-state index in [9.17, 15) is 0 Å². The number of rotatable bonds is 5. The maximum atomic E-state index is 6.03. The van der Waals surface area contributed by atoms with E-state index in [4.69, 9.17) is 11.6 Å². The van der Waals surface area contributed by atoms with Crippen molar-refractivity contribution in [1.29, 1.82) is 0 Å². The summed E-state index contributed by atoms with van der Waals surface area (Å²) < 4.78 is 0. The van der Waals surface area contributed by atoms with E-state index in [1.54, 1.807) is 0 Å². The molecule has 0 amide bonds. The van der Waals surface area contributed by atoms with Gasteiger partial charge in [0.2, 0.25) is 0 Å². The van der Waals surface area contributed by atoms with E-state index in [1.807, 2.05) is 36.5 Å². The minimum absolute atomic E-state index is 0. The van der Waals surface area contributed by atoms with Gasteiger partial charge in [-0.25, -0.2) is 4.99 Å². The van der Waals surface area contributed by atoms with Gasteiger partial charge in [-0.05, 0) is 36.2 Å². The smallest absolute Gasteiger partial charge is 0.191 e. The third-order valence-corrected chi connectivity index (χ3v) is 4.05. The van der Waals surface area contributed by atoms with Crippen LogP contribution in [0.25, 0.3) is 10.9 Å². The highest BCUT2D eigenvalue weighted by atomic mass is 127. The van der Waals surface area contributed by atoms with Gasteiger partial charge in [-0.3, -0.25) is 4.98 Å². The molecule has 0 atom stereocenters. The van der Waals surface area contributed by atoms with Gasteiger partial charge in [0.05, 0.1) is 12.1 Å². The Kier molecular flexibility index (Phi) is 8.12. The highest BCUT2D eigenvalue weighted by Gasteiger charge is 2.03. The van der Waals surface area contributed by atoms with Crippen LogP contribution in [0.15, 0.2) is 65.8 Å². The summed E-state index contributed by atoms with van der Waals surface area (Å²) in [5, 5.41) is 8.52. The Labute approximate surface area is 176 Å². The predicted octanol–water partition coefficient (Wildman–Crippen LogP) is 4.76. The van der Waals surface area contributed by atoms with Crippen LogP contribution in [0.1, 0.15) is 18.1 Å². The molecular weight excluding hydrogens is 459 g/mol. The molecule has 0 saturated heterocycles. The third-order valence-electron chi connectivity index (χ3n) is 3.82. The number of benzene rings is 2. The molecule has 136 valence electrons. The van der Waals surface area contributed by atoms with Crippen LogP contribution in [0, 0.1) is 0 Å². The van der Waals surface area contributed by atoms with Crippen molar-refractivity contribution in [3.05, 3.63) is 76.9 Å². The highest BCUT2D eigenvalue weighted by molar-refractivity contribution is 14.0. The number of para-hydroxylation sites is 1. The van der Waals surface area contributed by atoms with Crippen LogP contribution in [0.5, 0.6) is 0 Å². The maximum Gasteiger partial charge on any atom is 0.191 e. The molecule has 0 aliphatic carbocycles. The van der Waals surface area contributed by atoms with Crippen LogP contribution >= 0.6 is 35.6 Å². The third kappa shape index (κ3) is 5.57. The van der Waals surface area contributed by atoms with Crippen LogP contribution in [-0.2, 0) is 13.1 Å². The SMILES string of the molecule is CCNC(=NCc1cccc(Cl)c1)NCc1cccc2cccnc12.I. The average Bonchev–Trinajstić information content (AvgIpc) is 2.64. The van der Waals surface area contributed by atoms with E-state index in [-0.39, 0.29) is 24.0 Å². The number of fused-ring (bicyclic) bond motifs is 1. The van der Waals surface area contributed by atoms with Crippen molar-refractivity contribution in [3.63, 3.8) is 0 Å². The number of nitrogens with one attached hydrogen (secondary N) is 2. The molecule has 26 heavy (non-hydrogen) atoms. The lowest BCUT2D eigenvalue weighted by Crippen LogP contribution is -2.36. The second kappa shape index (κ2) is 10.3. The quantitative estimate of drug-likeness (QED) is 0.314. The van der Waals surface area contributed by atoms with Crippen molar-refractivity contribution in [1.82, 2.24) is 15.6 Å². The zero-order valence-electron chi connectivity index (χ0n) is 14.6. The summed E-state index contributed by atoms with van der Waals surface area (Å²) >= 11 is 6.03. The van der Waals surface area contributed by atoms with Crippen LogP contribution in [0.4, 0.5) is 0 Å². The highest BCUT2D eigenvalue weighted by Crippen LogP contribution is 2.15. The molecule has 0 bridgehead atoms. The Morgan fingerprint density at radius 2 is 1.88 bits per heavy atom. The summed E-state index contributed by atoms with van der Waals surface area (Å²) in [6.07, 6.45) is 1.82. The lowest BCUT2D eigenvalue weighted by atomic mass is 10.1. The number of halogens is 2. The van der Waals surface area contributed by atoms with E-state index in [2.05, 4.69) is 51.8 Å². The van der Waals surface area contributed by atoms with E-state index in [1.165, 1.54) is 0 Å². The molecule has 0 aliphatic rings. The van der Waals surface area contributed by atoms with Gasteiger partial charge >= 0.3 is 0 Å². The standard InChI is InChI=1S/C20H21ClN4.HI/c1-2-22-20(24-13-15-6-3-10-18(21)12-15)25-14-17-8-4-7-16-9-5-11-23-19(16)17;/h3-12H,2,13-14H2,1H3,(H2,22,24,25);1H. The predicted molar refractivity (Wildman–Crippen MR) is 120 cm³/mol. The van der Waals surface area contributed by atoms with Crippen LogP contribution in [-0.4, -0.2) is 17.5 Å². The maximum absolute atomic E-state index is 6.03. The van der Waals surface area contributed by atoms with Gasteiger partial charge in [0.1, 0.15) is 0 Å². The van der Waals surface area contributed by atoms with Crippen molar-refractivity contribution < 1.29 is 0 Å². The molecule has 0 radical (unpaired) electrons. The molecule has 2 aromatic carbocycles. The summed E-state index contributed by atoms with van der Waals surface area (Å²) in [6.45, 7) is 4.09. The molecular formula is C20H22ClIN4. The second-order valence-corrected chi connectivity index (χ2v) is 6.11. The molecule has 0 spiro atoms. The Balaban J connectivity index is 0.00000243. The van der Waals surface area contributed by atoms with E-state index >= 15 is 0 Å². The van der Waals surface area contributed by atoms with Crippen LogP contribution in [0.3, 0.4) is 0 Å². The molecule has 2 N–H and O–H groups in total. The molecule has 0 saturated carbocycles. The van der Waals surface area contributed by atoms with Gasteiger partial charge in [0, 0.05) is 29.7 Å². The lowest BCUT2D eigenvalue weighted by molar-refractivity contribution is 0.818. The summed E-state index contributed by atoms with van der Waals surface area (Å²) in [7, 11) is 0. The molecule has 6 heteroatoms. The fourth-order valence-corrected chi connectivity index (χ4v) is 2.85. The number of aromatic nitrogens is 1. The van der Waals surface area contributed by atoms with Gasteiger partial charge in [0.25, 0.3) is 0 Å². The zero-order chi connectivity index (χ0) is 17.5. The minimum Gasteiger partial charge on any atom is -0.357 e. The minimum atomic E-state index is 0. The largest absolute Gasteiger partial charge is 0.357 e. The molecule has 0 fully saturated rings. The number of hydrogen-bond acceptors (Lipinski definition) is 2. The lowest BCUT2D eigenvalue weighted by Gasteiger charge is -2.12. The average molecular weight is 481 g/mol. The number of aliphatic imine (C=N–C) groups is 1. The summed E-state index contributed by atoms with van der Waals surface area (Å²) in [5.41, 5.74) is 3.24. The molecule has 4 nitrogen and oxygen atoms in total. The molecule has 0 aliphatic heterocycles. The van der Waals surface area contributed by atoms with Crippen molar-refractivity contribution in [2.75, 3.05) is 6.54 Å².